The summed E-state index contributed by atoms with van der Waals surface area (Å²) in [6.45, 7) is 8.19. The highest BCUT2D eigenvalue weighted by Gasteiger charge is 2.14. The number of hydrogen-bond donors (Lipinski definition) is 1. The fourth-order valence-corrected chi connectivity index (χ4v) is 2.10. The molecule has 94 valence electrons. The van der Waals surface area contributed by atoms with Gasteiger partial charge < -0.3 is 9.73 Å². The molecule has 0 fully saturated rings. The van der Waals surface area contributed by atoms with Crippen molar-refractivity contribution in [3.8, 4) is 0 Å². The monoisotopic (exact) mass is 241 g/mol. The molecule has 0 amide bonds. The van der Waals surface area contributed by atoms with Crippen molar-refractivity contribution in [2.75, 3.05) is 5.32 Å². The van der Waals surface area contributed by atoms with E-state index in [2.05, 4.69) is 50.0 Å². The summed E-state index contributed by atoms with van der Waals surface area (Å²) < 4.78 is 5.37. The highest BCUT2D eigenvalue weighted by molar-refractivity contribution is 5.39. The van der Waals surface area contributed by atoms with E-state index in [4.69, 9.17) is 4.42 Å². The lowest BCUT2D eigenvalue weighted by molar-refractivity contribution is 0.566. The summed E-state index contributed by atoms with van der Waals surface area (Å²) in [5.74, 6) is 0.796. The lowest BCUT2D eigenvalue weighted by atomic mass is 9.96. The van der Waals surface area contributed by atoms with Crippen LogP contribution in [-0.4, -0.2) is 0 Å². The minimum Gasteiger partial charge on any atom is -0.449 e. The first-order valence-corrected chi connectivity index (χ1v) is 6.17. The molecule has 1 heterocycles. The summed E-state index contributed by atoms with van der Waals surface area (Å²) in [6, 6.07) is 12.4. The first-order chi connectivity index (χ1) is 8.66. The Morgan fingerprint density at radius 2 is 2.06 bits per heavy atom. The van der Waals surface area contributed by atoms with E-state index in [9.17, 15) is 0 Å². The molecule has 0 bridgehead atoms. The number of rotatable bonds is 5. The minimum absolute atomic E-state index is 0.204. The quantitative estimate of drug-likeness (QED) is 0.767. The summed E-state index contributed by atoms with van der Waals surface area (Å²) in [5.41, 5.74) is 3.72. The Morgan fingerprint density at radius 3 is 2.67 bits per heavy atom. The third-order valence-electron chi connectivity index (χ3n) is 2.95. The van der Waals surface area contributed by atoms with Crippen molar-refractivity contribution in [1.29, 1.82) is 0 Å². The fourth-order valence-electron chi connectivity index (χ4n) is 2.10. The molecule has 0 unspecified atom stereocenters. The summed E-state index contributed by atoms with van der Waals surface area (Å²) >= 11 is 0. The van der Waals surface area contributed by atoms with Crippen LogP contribution in [0.5, 0.6) is 0 Å². The molecule has 0 aliphatic carbocycles. The normalized spacial score (nSPS) is 12.1. The van der Waals surface area contributed by atoms with Gasteiger partial charge in [-0.3, -0.25) is 0 Å². The number of hydrogen-bond acceptors (Lipinski definition) is 2. The van der Waals surface area contributed by atoms with Crippen LogP contribution in [-0.2, 0) is 0 Å². The van der Waals surface area contributed by atoms with Crippen molar-refractivity contribution in [3.05, 3.63) is 65.9 Å². The van der Waals surface area contributed by atoms with Crippen LogP contribution in [0.2, 0.25) is 0 Å². The second-order valence-electron chi connectivity index (χ2n) is 4.69. The molecule has 1 aromatic heterocycles. The number of furan rings is 1. The summed E-state index contributed by atoms with van der Waals surface area (Å²) in [6.07, 6.45) is 2.57. The molecule has 2 aromatic rings. The van der Waals surface area contributed by atoms with Crippen molar-refractivity contribution in [2.45, 2.75) is 26.3 Å². The maximum Gasteiger partial charge on any atom is 0.193 e. The predicted octanol–water partition coefficient (Wildman–Crippen LogP) is 4.71. The third-order valence-corrected chi connectivity index (χ3v) is 2.95. The Labute approximate surface area is 108 Å². The second kappa shape index (κ2) is 5.58. The van der Waals surface area contributed by atoms with E-state index in [1.807, 2.05) is 12.1 Å². The molecule has 0 saturated heterocycles. The third kappa shape index (κ3) is 3.04. The highest BCUT2D eigenvalue weighted by Crippen LogP contribution is 2.27. The smallest absolute Gasteiger partial charge is 0.193 e. The number of anilines is 1. The molecule has 2 heteroatoms. The van der Waals surface area contributed by atoms with Crippen LogP contribution in [0, 0.1) is 6.92 Å². The average molecular weight is 241 g/mol. The molecule has 0 aliphatic heterocycles. The lowest BCUT2D eigenvalue weighted by Crippen LogP contribution is -2.12. The molecule has 0 aliphatic rings. The van der Waals surface area contributed by atoms with Crippen LogP contribution in [0.1, 0.15) is 30.5 Å². The van der Waals surface area contributed by atoms with Crippen molar-refractivity contribution < 1.29 is 4.42 Å². The van der Waals surface area contributed by atoms with Gasteiger partial charge in [0.05, 0.1) is 12.3 Å². The molecule has 1 N–H and O–H groups in total. The van der Waals surface area contributed by atoms with Crippen LogP contribution in [0.25, 0.3) is 0 Å². The number of nitrogens with one attached hydrogen (secondary N) is 1. The van der Waals surface area contributed by atoms with Crippen LogP contribution < -0.4 is 5.32 Å². The highest BCUT2D eigenvalue weighted by atomic mass is 16.3. The van der Waals surface area contributed by atoms with E-state index in [0.717, 1.165) is 17.9 Å². The van der Waals surface area contributed by atoms with Gasteiger partial charge in [-0.1, -0.05) is 29.8 Å². The predicted molar refractivity (Wildman–Crippen MR) is 75.7 cm³/mol. The Morgan fingerprint density at radius 1 is 1.28 bits per heavy atom. The van der Waals surface area contributed by atoms with Gasteiger partial charge >= 0.3 is 0 Å². The molecular formula is C16H19NO. The Kier molecular flexibility index (Phi) is 3.88. The Bertz CT molecular complexity index is 514. The zero-order valence-electron chi connectivity index (χ0n) is 10.9. The maximum atomic E-state index is 5.37. The van der Waals surface area contributed by atoms with E-state index in [1.165, 1.54) is 11.1 Å². The van der Waals surface area contributed by atoms with Gasteiger partial charge in [0.2, 0.25) is 0 Å². The average Bonchev–Trinajstić information content (AvgIpc) is 2.81. The van der Waals surface area contributed by atoms with Gasteiger partial charge in [0.25, 0.3) is 0 Å². The van der Waals surface area contributed by atoms with Crippen LogP contribution in [0.3, 0.4) is 0 Å². The maximum absolute atomic E-state index is 5.37. The molecule has 1 atom stereocenters. The van der Waals surface area contributed by atoms with Crippen molar-refractivity contribution in [3.63, 3.8) is 0 Å². The minimum atomic E-state index is 0.204. The number of aryl methyl sites for hydroxylation is 1. The lowest BCUT2D eigenvalue weighted by Gasteiger charge is -2.20. The van der Waals surface area contributed by atoms with Crippen LogP contribution in [0.15, 0.2) is 59.2 Å². The zero-order chi connectivity index (χ0) is 13.0. The SMILES string of the molecule is C=C(C)C[C@@H](Nc1ccco1)c1ccccc1C. The molecular weight excluding hydrogens is 222 g/mol. The molecule has 2 rings (SSSR count). The van der Waals surface area contributed by atoms with Gasteiger partial charge in [-0.05, 0) is 37.5 Å². The van der Waals surface area contributed by atoms with E-state index in [0.29, 0.717) is 0 Å². The summed E-state index contributed by atoms with van der Waals surface area (Å²) in [4.78, 5) is 0. The zero-order valence-corrected chi connectivity index (χ0v) is 10.9. The van der Waals surface area contributed by atoms with Gasteiger partial charge in [-0.25, -0.2) is 0 Å². The van der Waals surface area contributed by atoms with Crippen molar-refractivity contribution >= 4 is 5.88 Å². The van der Waals surface area contributed by atoms with Gasteiger partial charge in [0, 0.05) is 6.07 Å². The summed E-state index contributed by atoms with van der Waals surface area (Å²) in [5, 5.41) is 3.42. The molecule has 0 spiro atoms. The molecule has 0 radical (unpaired) electrons. The molecule has 0 saturated carbocycles. The van der Waals surface area contributed by atoms with Crippen LogP contribution >= 0.6 is 0 Å². The van der Waals surface area contributed by atoms with E-state index < -0.39 is 0 Å². The first-order valence-electron chi connectivity index (χ1n) is 6.17. The molecule has 18 heavy (non-hydrogen) atoms. The number of benzene rings is 1. The summed E-state index contributed by atoms with van der Waals surface area (Å²) in [7, 11) is 0. The van der Waals surface area contributed by atoms with Gasteiger partial charge in [0.1, 0.15) is 0 Å². The topological polar surface area (TPSA) is 25.2 Å². The van der Waals surface area contributed by atoms with Crippen LogP contribution in [0.4, 0.5) is 5.88 Å². The molecule has 2 nitrogen and oxygen atoms in total. The van der Waals surface area contributed by atoms with Crippen molar-refractivity contribution in [2.24, 2.45) is 0 Å². The second-order valence-corrected chi connectivity index (χ2v) is 4.69. The van der Waals surface area contributed by atoms with E-state index >= 15 is 0 Å². The van der Waals surface area contributed by atoms with E-state index in [-0.39, 0.29) is 6.04 Å². The first kappa shape index (κ1) is 12.5. The Balaban J connectivity index is 2.25. The van der Waals surface area contributed by atoms with E-state index in [1.54, 1.807) is 6.26 Å². The largest absolute Gasteiger partial charge is 0.449 e. The molecule has 1 aromatic carbocycles. The fraction of sp³-hybridized carbons (Fsp3) is 0.250. The van der Waals surface area contributed by atoms with Gasteiger partial charge in [-0.2, -0.15) is 0 Å². The standard InChI is InChI=1S/C16H19NO/c1-12(2)11-15(17-16-9-6-10-18-16)14-8-5-4-7-13(14)3/h4-10,15,17H,1,11H2,2-3H3/t15-/m1/s1. The van der Waals surface area contributed by atoms with Gasteiger partial charge in [0.15, 0.2) is 5.88 Å². The van der Waals surface area contributed by atoms with Gasteiger partial charge in [-0.15, -0.1) is 6.58 Å². The van der Waals surface area contributed by atoms with Crippen molar-refractivity contribution in [1.82, 2.24) is 0 Å². The Hall–Kier alpha value is -1.96.